The summed E-state index contributed by atoms with van der Waals surface area (Å²) in [6.07, 6.45) is 2.30. The number of halogens is 6. The number of aliphatic hydroxyl groups excluding tert-OH is 1. The van der Waals surface area contributed by atoms with E-state index in [-0.39, 0.29) is 6.61 Å². The normalized spacial score (nSPS) is 13.9. The molecule has 0 rings (SSSR count). The van der Waals surface area contributed by atoms with Crippen molar-refractivity contribution < 1.29 is 57.5 Å². The van der Waals surface area contributed by atoms with E-state index in [1.54, 1.807) is 0 Å². The molecule has 0 saturated heterocycles. The molecule has 0 aromatic heterocycles. The molecule has 0 aliphatic rings. The molecular formula is C11H22F6N2O6S2. The van der Waals surface area contributed by atoms with Crippen molar-refractivity contribution in [3.8, 4) is 0 Å². The monoisotopic (exact) mass is 456 g/mol. The number of sulfonamides is 2. The molecule has 16 heteroatoms. The Morgan fingerprint density at radius 3 is 1.67 bits per heavy atom. The highest BCUT2D eigenvalue weighted by Gasteiger charge is 2.46. The molecule has 0 saturated carbocycles. The number of aliphatic hydroxyl groups is 1. The molecule has 0 aliphatic heterocycles. The van der Waals surface area contributed by atoms with Crippen LogP contribution in [0.15, 0.2) is 0 Å². The van der Waals surface area contributed by atoms with Gasteiger partial charge in [0, 0.05) is 0 Å². The predicted molar refractivity (Wildman–Crippen MR) is 83.1 cm³/mol. The molecule has 27 heavy (non-hydrogen) atoms. The Bertz CT molecular complexity index is 589. The zero-order chi connectivity index (χ0) is 22.2. The zero-order valence-corrected chi connectivity index (χ0v) is 16.3. The molecule has 0 aliphatic carbocycles. The van der Waals surface area contributed by atoms with Crippen LogP contribution >= 0.6 is 0 Å². The smallest absolute Gasteiger partial charge is 0.421 e. The maximum absolute atomic E-state index is 11.4. The lowest BCUT2D eigenvalue weighted by Crippen LogP contribution is -2.43. The molecule has 0 heterocycles. The van der Waals surface area contributed by atoms with E-state index >= 15 is 0 Å². The van der Waals surface area contributed by atoms with Crippen LogP contribution in [0.1, 0.15) is 19.8 Å². The van der Waals surface area contributed by atoms with Crippen LogP contribution in [0.2, 0.25) is 0 Å². The van der Waals surface area contributed by atoms with Crippen molar-refractivity contribution in [1.29, 1.82) is 0 Å². The Morgan fingerprint density at radius 2 is 1.37 bits per heavy atom. The lowest BCUT2D eigenvalue weighted by Gasteiger charge is -2.28. The average Bonchev–Trinajstić information content (AvgIpc) is 2.40. The van der Waals surface area contributed by atoms with Gasteiger partial charge in [-0.05, 0) is 6.42 Å². The van der Waals surface area contributed by atoms with Crippen LogP contribution in [-0.4, -0.2) is 78.0 Å². The number of likely N-dealkylation sites (N-methyl/N-ethyl adjacent to an activating group) is 1. The van der Waals surface area contributed by atoms with Crippen molar-refractivity contribution in [2.75, 3.05) is 40.6 Å². The lowest BCUT2D eigenvalue weighted by atomic mass is 10.4. The summed E-state index contributed by atoms with van der Waals surface area (Å²) in [6, 6.07) is 0. The second-order valence-electron chi connectivity index (χ2n) is 5.69. The molecule has 0 atom stereocenters. The Balaban J connectivity index is 0. The molecule has 0 unspecified atom stereocenters. The topological polar surface area (TPSA) is 112 Å². The summed E-state index contributed by atoms with van der Waals surface area (Å²) in [4.78, 5) is 0. The van der Waals surface area contributed by atoms with Crippen LogP contribution < -0.4 is 0 Å². The molecule has 0 spiro atoms. The molecule has 0 fully saturated rings. The lowest BCUT2D eigenvalue weighted by molar-refractivity contribution is -0.910. The highest BCUT2D eigenvalue weighted by Crippen LogP contribution is 2.36. The van der Waals surface area contributed by atoms with Crippen LogP contribution in [0, 0.1) is 0 Å². The first-order chi connectivity index (χ1) is 11.8. The summed E-state index contributed by atoms with van der Waals surface area (Å²) in [7, 11) is -9.33. The summed E-state index contributed by atoms with van der Waals surface area (Å²) < 4.78 is 115. The average molecular weight is 456 g/mol. The highest BCUT2D eigenvalue weighted by atomic mass is 32.3. The van der Waals surface area contributed by atoms with Gasteiger partial charge in [0.2, 0.25) is 0 Å². The van der Waals surface area contributed by atoms with Crippen LogP contribution in [0.25, 0.3) is 4.13 Å². The fraction of sp³-hybridized carbons (Fsp3) is 1.00. The van der Waals surface area contributed by atoms with Crippen molar-refractivity contribution in [3.05, 3.63) is 4.13 Å². The van der Waals surface area contributed by atoms with Crippen molar-refractivity contribution >= 4 is 20.0 Å². The number of nitrogens with zero attached hydrogens (tertiary/aromatic N) is 2. The van der Waals surface area contributed by atoms with Gasteiger partial charge in [-0.25, -0.2) is 16.8 Å². The maximum Gasteiger partial charge on any atom is 0.480 e. The highest BCUT2D eigenvalue weighted by molar-refractivity contribution is 8.13. The van der Waals surface area contributed by atoms with Crippen molar-refractivity contribution in [1.82, 2.24) is 0 Å². The molecule has 1 N–H and O–H groups in total. The first-order valence-corrected chi connectivity index (χ1v) is 10.1. The summed E-state index contributed by atoms with van der Waals surface area (Å²) in [5, 5.41) is 8.73. The molecule has 0 aromatic rings. The van der Waals surface area contributed by atoms with E-state index in [1.807, 2.05) is 0 Å². The third kappa shape index (κ3) is 11.7. The van der Waals surface area contributed by atoms with Crippen molar-refractivity contribution in [3.63, 3.8) is 0 Å². The summed E-state index contributed by atoms with van der Waals surface area (Å²) in [5.74, 6) is 0. The van der Waals surface area contributed by atoms with Gasteiger partial charge < -0.3 is 18.5 Å². The Kier molecular flexibility index (Phi) is 11.4. The fourth-order valence-corrected chi connectivity index (χ4v) is 2.82. The minimum Gasteiger partial charge on any atom is -0.421 e. The maximum atomic E-state index is 11.4. The number of ether oxygens (including phenoxy) is 1. The number of alkyl halides is 6. The van der Waals surface area contributed by atoms with E-state index in [2.05, 4.69) is 21.0 Å². The van der Waals surface area contributed by atoms with E-state index < -0.39 is 31.1 Å². The van der Waals surface area contributed by atoms with Gasteiger partial charge in [0.15, 0.2) is 26.8 Å². The minimum absolute atomic E-state index is 0.226. The molecule has 0 amide bonds. The van der Waals surface area contributed by atoms with E-state index in [9.17, 15) is 43.2 Å². The fourth-order valence-electron chi connectivity index (χ4n) is 1.11. The largest absolute Gasteiger partial charge is 0.480 e. The van der Waals surface area contributed by atoms with Gasteiger partial charge in [-0.3, -0.25) is 0 Å². The minimum atomic E-state index is -6.72. The van der Waals surface area contributed by atoms with Crippen LogP contribution in [0.3, 0.4) is 0 Å². The SMILES string of the molecule is CCCCOC[N+](C)(C)CCO.O=S(=O)([N-]S(=O)(=O)C(F)(F)F)C(F)(F)F. The third-order valence-corrected chi connectivity index (χ3v) is 5.31. The number of quaternary nitrogens is 1. The number of rotatable bonds is 9. The molecule has 0 aromatic carbocycles. The Hall–Kier alpha value is -0.680. The second kappa shape index (κ2) is 10.8. The van der Waals surface area contributed by atoms with Gasteiger partial charge in [-0.15, -0.1) is 0 Å². The van der Waals surface area contributed by atoms with Gasteiger partial charge >= 0.3 is 11.0 Å². The summed E-state index contributed by atoms with van der Waals surface area (Å²) in [5.41, 5.74) is -12.4. The first-order valence-electron chi connectivity index (χ1n) is 7.20. The molecule has 8 nitrogen and oxygen atoms in total. The summed E-state index contributed by atoms with van der Waals surface area (Å²) >= 11 is 0. The van der Waals surface area contributed by atoms with Gasteiger partial charge in [-0.2, -0.15) is 26.3 Å². The van der Waals surface area contributed by atoms with Gasteiger partial charge in [0.25, 0.3) is 0 Å². The molecule has 166 valence electrons. The van der Waals surface area contributed by atoms with Crippen LogP contribution in [0.5, 0.6) is 0 Å². The summed E-state index contributed by atoms with van der Waals surface area (Å²) in [6.45, 7) is 4.66. The zero-order valence-electron chi connectivity index (χ0n) is 14.7. The number of hydrogen-bond acceptors (Lipinski definition) is 6. The quantitative estimate of drug-likeness (QED) is 0.245. The number of hydrogen-bond donors (Lipinski definition) is 1. The van der Waals surface area contributed by atoms with Crippen molar-refractivity contribution in [2.24, 2.45) is 0 Å². The van der Waals surface area contributed by atoms with Crippen molar-refractivity contribution in [2.45, 2.75) is 30.8 Å². The standard InChI is InChI=1S/C9H22NO2.C2F6NO4S2/c1-4-5-8-12-9-10(2,3)6-7-11;3-1(4,5)14(10,11)9-15(12,13)2(6,7)8/h11H,4-9H2,1-3H3;/q+1;-1. The van der Waals surface area contributed by atoms with Gasteiger partial charge in [-0.1, -0.05) is 13.3 Å². The third-order valence-electron chi connectivity index (χ3n) is 2.57. The molecule has 0 bridgehead atoms. The van der Waals surface area contributed by atoms with Crippen LogP contribution in [0.4, 0.5) is 26.3 Å². The van der Waals surface area contributed by atoms with E-state index in [1.165, 1.54) is 6.42 Å². The van der Waals surface area contributed by atoms with E-state index in [0.29, 0.717) is 6.73 Å². The Morgan fingerprint density at radius 1 is 0.963 bits per heavy atom. The van der Waals surface area contributed by atoms with E-state index in [0.717, 1.165) is 28.2 Å². The number of unbranched alkanes of at least 4 members (excludes halogenated alkanes) is 1. The first kappa shape index (κ1) is 28.5. The van der Waals surface area contributed by atoms with Gasteiger partial charge in [0.05, 0.1) is 27.3 Å². The van der Waals surface area contributed by atoms with Crippen LogP contribution in [-0.2, 0) is 24.8 Å². The van der Waals surface area contributed by atoms with Gasteiger partial charge in [0.1, 0.15) is 6.54 Å². The molecule has 0 radical (unpaired) electrons. The second-order valence-corrected chi connectivity index (χ2v) is 9.11. The van der Waals surface area contributed by atoms with E-state index in [4.69, 9.17) is 9.84 Å². The predicted octanol–water partition coefficient (Wildman–Crippen LogP) is 1.89. The Labute approximate surface area is 153 Å². The molecular weight excluding hydrogens is 434 g/mol.